The van der Waals surface area contributed by atoms with Crippen molar-refractivity contribution >= 4 is 33.5 Å². The molecule has 0 saturated heterocycles. The van der Waals surface area contributed by atoms with Crippen LogP contribution in [0.4, 0.5) is 0 Å². The summed E-state index contributed by atoms with van der Waals surface area (Å²) < 4.78 is 6.03. The van der Waals surface area contributed by atoms with Crippen molar-refractivity contribution in [3.05, 3.63) is 120 Å². The van der Waals surface area contributed by atoms with Crippen LogP contribution in [-0.4, -0.2) is 0 Å². The third-order valence-electron chi connectivity index (χ3n) is 5.92. The molecule has 6 rings (SSSR count). The van der Waals surface area contributed by atoms with Crippen LogP contribution in [0.2, 0.25) is 5.02 Å². The average molecular weight is 431 g/mol. The van der Waals surface area contributed by atoms with E-state index in [1.54, 1.807) is 0 Å². The standard InChI is InChI=1S/C30H19ClO/c31-27-12-7-13-29-30(27)26-19-22(14-15-28(26)32-29)25-17-23(20-8-3-1-4-9-20)16-24(18-25)21-10-5-2-6-11-21/h1-19H. The van der Waals surface area contributed by atoms with E-state index < -0.39 is 0 Å². The normalized spacial score (nSPS) is 11.3. The molecule has 0 amide bonds. The van der Waals surface area contributed by atoms with Gasteiger partial charge in [-0.3, -0.25) is 0 Å². The van der Waals surface area contributed by atoms with Crippen LogP contribution >= 0.6 is 11.6 Å². The predicted octanol–water partition coefficient (Wildman–Crippen LogP) is 9.24. The molecule has 0 N–H and O–H groups in total. The Morgan fingerprint density at radius 3 is 1.66 bits per heavy atom. The molecule has 0 radical (unpaired) electrons. The molecule has 0 aliphatic carbocycles. The summed E-state index contributed by atoms with van der Waals surface area (Å²) in [5, 5.41) is 2.71. The van der Waals surface area contributed by atoms with Gasteiger partial charge in [0, 0.05) is 10.8 Å². The van der Waals surface area contributed by atoms with E-state index in [2.05, 4.69) is 78.9 Å². The first-order valence-corrected chi connectivity index (χ1v) is 11.0. The fourth-order valence-corrected chi connectivity index (χ4v) is 4.62. The first-order valence-electron chi connectivity index (χ1n) is 10.6. The molecule has 0 saturated carbocycles. The molecule has 6 aromatic rings. The minimum Gasteiger partial charge on any atom is -0.456 e. The van der Waals surface area contributed by atoms with Crippen molar-refractivity contribution in [2.24, 2.45) is 0 Å². The molecule has 2 heteroatoms. The van der Waals surface area contributed by atoms with Gasteiger partial charge in [-0.1, -0.05) is 84.4 Å². The molecular formula is C30H19ClO. The van der Waals surface area contributed by atoms with Crippen LogP contribution in [0.25, 0.3) is 55.3 Å². The van der Waals surface area contributed by atoms with E-state index in [1.807, 2.05) is 36.4 Å². The van der Waals surface area contributed by atoms with Gasteiger partial charge in [-0.2, -0.15) is 0 Å². The van der Waals surface area contributed by atoms with Crippen LogP contribution in [0.1, 0.15) is 0 Å². The Bertz CT molecular complexity index is 1510. The molecule has 0 bridgehead atoms. The second-order valence-electron chi connectivity index (χ2n) is 7.96. The summed E-state index contributed by atoms with van der Waals surface area (Å²) in [6.45, 7) is 0. The van der Waals surface area contributed by atoms with Crippen LogP contribution in [-0.2, 0) is 0 Å². The van der Waals surface area contributed by atoms with Crippen molar-refractivity contribution in [3.63, 3.8) is 0 Å². The Morgan fingerprint density at radius 1 is 0.438 bits per heavy atom. The lowest BCUT2D eigenvalue weighted by molar-refractivity contribution is 0.669. The molecule has 0 unspecified atom stereocenters. The summed E-state index contributed by atoms with van der Waals surface area (Å²) in [5.74, 6) is 0. The quantitative estimate of drug-likeness (QED) is 0.272. The molecule has 0 aliphatic heterocycles. The summed E-state index contributed by atoms with van der Waals surface area (Å²) in [4.78, 5) is 0. The van der Waals surface area contributed by atoms with Crippen LogP contribution in [0.15, 0.2) is 120 Å². The van der Waals surface area contributed by atoms with Gasteiger partial charge in [0.05, 0.1) is 5.02 Å². The highest BCUT2D eigenvalue weighted by atomic mass is 35.5. The van der Waals surface area contributed by atoms with Crippen molar-refractivity contribution in [2.45, 2.75) is 0 Å². The van der Waals surface area contributed by atoms with Gasteiger partial charge in [-0.15, -0.1) is 0 Å². The molecule has 0 aliphatic rings. The summed E-state index contributed by atoms with van der Waals surface area (Å²) in [5.41, 5.74) is 8.73. The second kappa shape index (κ2) is 7.71. The number of furan rings is 1. The minimum atomic E-state index is 0.710. The zero-order chi connectivity index (χ0) is 21.5. The molecule has 1 aromatic heterocycles. The van der Waals surface area contributed by atoms with Crippen LogP contribution < -0.4 is 0 Å². The maximum atomic E-state index is 6.53. The fourth-order valence-electron chi connectivity index (χ4n) is 4.35. The summed E-state index contributed by atoms with van der Waals surface area (Å²) >= 11 is 6.53. The first kappa shape index (κ1) is 18.9. The molecule has 1 heterocycles. The zero-order valence-electron chi connectivity index (χ0n) is 17.3. The largest absolute Gasteiger partial charge is 0.456 e. The third-order valence-corrected chi connectivity index (χ3v) is 6.24. The summed E-state index contributed by atoms with van der Waals surface area (Å²) in [6, 6.07) is 39.9. The number of hydrogen-bond donors (Lipinski definition) is 0. The minimum absolute atomic E-state index is 0.710. The predicted molar refractivity (Wildman–Crippen MR) is 135 cm³/mol. The molecule has 0 atom stereocenters. The Hall–Kier alpha value is -3.81. The van der Waals surface area contributed by atoms with Gasteiger partial charge < -0.3 is 4.42 Å². The molecule has 32 heavy (non-hydrogen) atoms. The third kappa shape index (κ3) is 3.28. The zero-order valence-corrected chi connectivity index (χ0v) is 18.0. The number of fused-ring (bicyclic) bond motifs is 3. The van der Waals surface area contributed by atoms with Crippen molar-refractivity contribution in [2.75, 3.05) is 0 Å². The van der Waals surface area contributed by atoms with Crippen molar-refractivity contribution in [3.8, 4) is 33.4 Å². The topological polar surface area (TPSA) is 13.1 Å². The van der Waals surface area contributed by atoms with Crippen LogP contribution in [0, 0.1) is 0 Å². The Morgan fingerprint density at radius 2 is 1.03 bits per heavy atom. The first-order chi connectivity index (χ1) is 15.8. The monoisotopic (exact) mass is 430 g/mol. The maximum Gasteiger partial charge on any atom is 0.136 e. The highest BCUT2D eigenvalue weighted by molar-refractivity contribution is 6.37. The van der Waals surface area contributed by atoms with Gasteiger partial charge in [0.1, 0.15) is 11.2 Å². The summed E-state index contributed by atoms with van der Waals surface area (Å²) in [7, 11) is 0. The van der Waals surface area contributed by atoms with E-state index >= 15 is 0 Å². The van der Waals surface area contributed by atoms with E-state index in [1.165, 1.54) is 22.3 Å². The van der Waals surface area contributed by atoms with E-state index in [-0.39, 0.29) is 0 Å². The Labute approximate surface area is 191 Å². The van der Waals surface area contributed by atoms with E-state index in [0.717, 1.165) is 33.1 Å². The van der Waals surface area contributed by atoms with E-state index in [9.17, 15) is 0 Å². The maximum absolute atomic E-state index is 6.53. The van der Waals surface area contributed by atoms with Crippen molar-refractivity contribution in [1.29, 1.82) is 0 Å². The highest BCUT2D eigenvalue weighted by Gasteiger charge is 2.13. The van der Waals surface area contributed by atoms with Gasteiger partial charge in [0.2, 0.25) is 0 Å². The molecule has 152 valence electrons. The lowest BCUT2D eigenvalue weighted by atomic mass is 9.93. The molecule has 1 nitrogen and oxygen atoms in total. The van der Waals surface area contributed by atoms with E-state index in [4.69, 9.17) is 16.0 Å². The van der Waals surface area contributed by atoms with Gasteiger partial charge in [0.15, 0.2) is 0 Å². The van der Waals surface area contributed by atoms with Crippen molar-refractivity contribution < 1.29 is 4.42 Å². The fraction of sp³-hybridized carbons (Fsp3) is 0. The van der Waals surface area contributed by atoms with Gasteiger partial charge in [0.25, 0.3) is 0 Å². The smallest absolute Gasteiger partial charge is 0.136 e. The molecule has 0 spiro atoms. The lowest BCUT2D eigenvalue weighted by Gasteiger charge is -2.11. The average Bonchev–Trinajstić information content (AvgIpc) is 3.24. The number of rotatable bonds is 3. The molecule has 5 aromatic carbocycles. The highest BCUT2D eigenvalue weighted by Crippen LogP contribution is 2.38. The van der Waals surface area contributed by atoms with Crippen molar-refractivity contribution in [1.82, 2.24) is 0 Å². The Kier molecular flexibility index (Phi) is 4.56. The van der Waals surface area contributed by atoms with E-state index in [0.29, 0.717) is 5.02 Å². The second-order valence-corrected chi connectivity index (χ2v) is 8.36. The molecular weight excluding hydrogens is 412 g/mol. The van der Waals surface area contributed by atoms with Gasteiger partial charge >= 0.3 is 0 Å². The number of halogens is 1. The van der Waals surface area contributed by atoms with Gasteiger partial charge in [-0.05, 0) is 75.8 Å². The lowest BCUT2D eigenvalue weighted by Crippen LogP contribution is -1.86. The van der Waals surface area contributed by atoms with Crippen LogP contribution in [0.3, 0.4) is 0 Å². The SMILES string of the molecule is Clc1cccc2oc3ccc(-c4cc(-c5ccccc5)cc(-c5ccccc5)c4)cc3c12. The van der Waals surface area contributed by atoms with Crippen LogP contribution in [0.5, 0.6) is 0 Å². The Balaban J connectivity index is 1.59. The molecule has 0 fully saturated rings. The summed E-state index contributed by atoms with van der Waals surface area (Å²) in [6.07, 6.45) is 0. The number of benzene rings is 5. The number of hydrogen-bond acceptors (Lipinski definition) is 1. The van der Waals surface area contributed by atoms with Gasteiger partial charge in [-0.25, -0.2) is 0 Å².